The van der Waals surface area contributed by atoms with Gasteiger partial charge < -0.3 is 4.90 Å². The fourth-order valence-corrected chi connectivity index (χ4v) is 2.77. The van der Waals surface area contributed by atoms with Crippen LogP contribution in [0.3, 0.4) is 0 Å². The summed E-state index contributed by atoms with van der Waals surface area (Å²) in [6, 6.07) is 4.23. The van der Waals surface area contributed by atoms with Crippen LogP contribution in [0.1, 0.15) is 17.8 Å². The molecule has 3 heterocycles. The lowest BCUT2D eigenvalue weighted by atomic mass is 10.2. The van der Waals surface area contributed by atoms with Crippen LogP contribution in [0.15, 0.2) is 30.2 Å². The highest BCUT2D eigenvalue weighted by molar-refractivity contribution is 7.10. The topological polar surface area (TPSA) is 72.6 Å². The zero-order valence-corrected chi connectivity index (χ0v) is 13.0. The zero-order chi connectivity index (χ0) is 14.8. The van der Waals surface area contributed by atoms with Gasteiger partial charge in [-0.25, -0.2) is 4.98 Å². The average molecular weight is 322 g/mol. The number of anilines is 1. The van der Waals surface area contributed by atoms with Gasteiger partial charge in [0.25, 0.3) is 5.95 Å². The van der Waals surface area contributed by atoms with E-state index in [1.165, 1.54) is 22.2 Å². The Morgan fingerprint density at radius 2 is 2.19 bits per heavy atom. The number of halogens is 1. The van der Waals surface area contributed by atoms with Crippen molar-refractivity contribution in [3.63, 3.8) is 0 Å². The number of aromatic nitrogens is 6. The fourth-order valence-electron chi connectivity index (χ4n) is 1.79. The van der Waals surface area contributed by atoms with Crippen molar-refractivity contribution in [3.05, 3.63) is 40.3 Å². The van der Waals surface area contributed by atoms with Gasteiger partial charge in [0.15, 0.2) is 0 Å². The average Bonchev–Trinajstić information content (AvgIpc) is 3.17. The molecule has 0 radical (unpaired) electrons. The number of thiophene rings is 1. The van der Waals surface area contributed by atoms with E-state index in [9.17, 15) is 0 Å². The monoisotopic (exact) mass is 321 g/mol. The third kappa shape index (κ3) is 2.86. The van der Waals surface area contributed by atoms with E-state index in [-0.39, 0.29) is 11.3 Å². The number of hydrogen-bond acceptors (Lipinski definition) is 7. The van der Waals surface area contributed by atoms with E-state index >= 15 is 0 Å². The molecule has 108 valence electrons. The molecule has 0 saturated heterocycles. The molecular formula is C12H12ClN7S. The van der Waals surface area contributed by atoms with Gasteiger partial charge in [0.05, 0.1) is 6.04 Å². The minimum Gasteiger partial charge on any atom is -0.336 e. The Kier molecular flexibility index (Phi) is 3.80. The van der Waals surface area contributed by atoms with Gasteiger partial charge in [-0.15, -0.1) is 11.3 Å². The van der Waals surface area contributed by atoms with E-state index < -0.39 is 0 Å². The SMILES string of the molecule is CC(c1cccs1)N(C)c1nc(Cl)nc(-n2cncn2)n1. The molecule has 0 aliphatic carbocycles. The van der Waals surface area contributed by atoms with E-state index in [0.717, 1.165) is 0 Å². The van der Waals surface area contributed by atoms with Crippen molar-refractivity contribution in [2.45, 2.75) is 13.0 Å². The molecule has 3 rings (SSSR count). The van der Waals surface area contributed by atoms with Gasteiger partial charge in [0.1, 0.15) is 12.7 Å². The lowest BCUT2D eigenvalue weighted by molar-refractivity contribution is 0.709. The highest BCUT2D eigenvalue weighted by atomic mass is 35.5. The summed E-state index contributed by atoms with van der Waals surface area (Å²) in [6.07, 6.45) is 2.92. The Bertz CT molecular complexity index is 713. The van der Waals surface area contributed by atoms with Crippen molar-refractivity contribution in [2.75, 3.05) is 11.9 Å². The first-order chi connectivity index (χ1) is 10.1. The molecule has 0 fully saturated rings. The molecule has 9 heteroatoms. The predicted molar refractivity (Wildman–Crippen MR) is 80.9 cm³/mol. The first-order valence-corrected chi connectivity index (χ1v) is 7.43. The summed E-state index contributed by atoms with van der Waals surface area (Å²) in [5.74, 6) is 0.828. The fraction of sp³-hybridized carbons (Fsp3) is 0.250. The lowest BCUT2D eigenvalue weighted by Gasteiger charge is -2.24. The summed E-state index contributed by atoms with van der Waals surface area (Å²) in [5.41, 5.74) is 0. The summed E-state index contributed by atoms with van der Waals surface area (Å²) >= 11 is 7.68. The van der Waals surface area contributed by atoms with Crippen molar-refractivity contribution < 1.29 is 0 Å². The molecule has 3 aromatic rings. The molecule has 7 nitrogen and oxygen atoms in total. The zero-order valence-electron chi connectivity index (χ0n) is 11.4. The molecule has 0 spiro atoms. The summed E-state index contributed by atoms with van der Waals surface area (Å²) in [7, 11) is 1.92. The third-order valence-electron chi connectivity index (χ3n) is 3.06. The van der Waals surface area contributed by atoms with Gasteiger partial charge in [-0.05, 0) is 30.0 Å². The van der Waals surface area contributed by atoms with E-state index in [1.54, 1.807) is 11.3 Å². The highest BCUT2D eigenvalue weighted by Gasteiger charge is 2.18. The van der Waals surface area contributed by atoms with Crippen molar-refractivity contribution in [1.82, 2.24) is 29.7 Å². The Hall–Kier alpha value is -2.06. The van der Waals surface area contributed by atoms with Crippen LogP contribution in [0.5, 0.6) is 0 Å². The van der Waals surface area contributed by atoms with Crippen molar-refractivity contribution >= 4 is 28.9 Å². The Morgan fingerprint density at radius 1 is 1.33 bits per heavy atom. The van der Waals surface area contributed by atoms with Gasteiger partial charge in [-0.2, -0.15) is 24.7 Å². The maximum absolute atomic E-state index is 5.99. The minimum atomic E-state index is 0.121. The second-order valence-corrected chi connectivity index (χ2v) is 5.66. The third-order valence-corrected chi connectivity index (χ3v) is 4.27. The van der Waals surface area contributed by atoms with Gasteiger partial charge in [-0.1, -0.05) is 6.07 Å². The summed E-state index contributed by atoms with van der Waals surface area (Å²) in [6.45, 7) is 2.08. The van der Waals surface area contributed by atoms with Crippen LogP contribution in [0.2, 0.25) is 5.28 Å². The largest absolute Gasteiger partial charge is 0.336 e. The standard InChI is InChI=1S/C12H12ClN7S/c1-8(9-4-3-5-21-9)19(2)11-16-10(13)17-12(18-11)20-7-14-6-15-20/h3-8H,1-2H3. The molecule has 0 aromatic carbocycles. The molecule has 0 saturated carbocycles. The van der Waals surface area contributed by atoms with Crippen LogP contribution >= 0.6 is 22.9 Å². The van der Waals surface area contributed by atoms with Gasteiger partial charge in [0.2, 0.25) is 11.2 Å². The van der Waals surface area contributed by atoms with Crippen LogP contribution in [0.4, 0.5) is 5.95 Å². The second-order valence-electron chi connectivity index (χ2n) is 4.35. The molecule has 3 aromatic heterocycles. The molecule has 1 unspecified atom stereocenters. The molecule has 0 amide bonds. The molecular weight excluding hydrogens is 310 g/mol. The number of nitrogens with zero attached hydrogens (tertiary/aromatic N) is 7. The van der Waals surface area contributed by atoms with Crippen LogP contribution in [-0.4, -0.2) is 36.8 Å². The smallest absolute Gasteiger partial charge is 0.258 e. The second kappa shape index (κ2) is 5.74. The molecule has 0 bridgehead atoms. The molecule has 0 aliphatic rings. The first kappa shape index (κ1) is 13.9. The van der Waals surface area contributed by atoms with E-state index in [1.807, 2.05) is 23.4 Å². The van der Waals surface area contributed by atoms with Crippen molar-refractivity contribution in [3.8, 4) is 5.95 Å². The van der Waals surface area contributed by atoms with Gasteiger partial charge >= 0.3 is 0 Å². The maximum Gasteiger partial charge on any atom is 0.258 e. The van der Waals surface area contributed by atoms with Crippen molar-refractivity contribution in [1.29, 1.82) is 0 Å². The van der Waals surface area contributed by atoms with E-state index in [2.05, 4.69) is 38.0 Å². The van der Waals surface area contributed by atoms with Crippen LogP contribution in [0, 0.1) is 0 Å². The minimum absolute atomic E-state index is 0.121. The Morgan fingerprint density at radius 3 is 2.86 bits per heavy atom. The van der Waals surface area contributed by atoms with E-state index in [0.29, 0.717) is 11.9 Å². The predicted octanol–water partition coefficient (Wildman–Crippen LogP) is 2.36. The normalized spacial score (nSPS) is 12.3. The molecule has 0 aliphatic heterocycles. The number of hydrogen-bond donors (Lipinski definition) is 0. The lowest BCUT2D eigenvalue weighted by Crippen LogP contribution is -2.24. The summed E-state index contributed by atoms with van der Waals surface area (Å²) < 4.78 is 1.45. The highest BCUT2D eigenvalue weighted by Crippen LogP contribution is 2.26. The Balaban J connectivity index is 1.95. The quantitative estimate of drug-likeness (QED) is 0.734. The van der Waals surface area contributed by atoms with Crippen molar-refractivity contribution in [2.24, 2.45) is 0 Å². The Labute approximate surface area is 130 Å². The van der Waals surface area contributed by atoms with Gasteiger partial charge in [-0.3, -0.25) is 0 Å². The van der Waals surface area contributed by atoms with Crippen LogP contribution in [0.25, 0.3) is 5.95 Å². The van der Waals surface area contributed by atoms with Crippen LogP contribution in [-0.2, 0) is 0 Å². The molecule has 0 N–H and O–H groups in total. The molecule has 1 atom stereocenters. The summed E-state index contributed by atoms with van der Waals surface area (Å²) in [5, 5.41) is 6.16. The molecule has 21 heavy (non-hydrogen) atoms. The van der Waals surface area contributed by atoms with Crippen LogP contribution < -0.4 is 4.90 Å². The first-order valence-electron chi connectivity index (χ1n) is 6.18. The summed E-state index contributed by atoms with van der Waals surface area (Å²) in [4.78, 5) is 19.7. The van der Waals surface area contributed by atoms with Gasteiger partial charge in [0, 0.05) is 11.9 Å². The maximum atomic E-state index is 5.99. The van der Waals surface area contributed by atoms with E-state index in [4.69, 9.17) is 11.6 Å². The number of rotatable bonds is 4.